The van der Waals surface area contributed by atoms with E-state index in [1.165, 1.54) is 0 Å². The Morgan fingerprint density at radius 1 is 1.44 bits per heavy atom. The van der Waals surface area contributed by atoms with Crippen molar-refractivity contribution in [2.45, 2.75) is 25.8 Å². The molecule has 4 nitrogen and oxygen atoms in total. The van der Waals surface area contributed by atoms with Crippen LogP contribution in [0, 0.1) is 0 Å². The van der Waals surface area contributed by atoms with Gasteiger partial charge in [-0.1, -0.05) is 0 Å². The fourth-order valence-electron chi connectivity index (χ4n) is 2.21. The lowest BCUT2D eigenvalue weighted by atomic mass is 10.0. The molecule has 98 valence electrons. The largest absolute Gasteiger partial charge is 0.493 e. The van der Waals surface area contributed by atoms with Gasteiger partial charge in [0.2, 0.25) is 0 Å². The zero-order chi connectivity index (χ0) is 13.0. The van der Waals surface area contributed by atoms with Crippen molar-refractivity contribution in [3.05, 3.63) is 23.8 Å². The minimum Gasteiger partial charge on any atom is -0.493 e. The highest BCUT2D eigenvalue weighted by Gasteiger charge is 2.23. The molecule has 1 aliphatic rings. The quantitative estimate of drug-likeness (QED) is 0.811. The molecule has 0 aromatic heterocycles. The Balaban J connectivity index is 2.20. The molecule has 0 radical (unpaired) electrons. The van der Waals surface area contributed by atoms with Gasteiger partial charge in [0.15, 0.2) is 17.3 Å². The molecule has 1 aromatic rings. The molecule has 1 aliphatic heterocycles. The Hall–Kier alpha value is -1.55. The van der Waals surface area contributed by atoms with Crippen LogP contribution in [-0.4, -0.2) is 32.1 Å². The molecule has 0 bridgehead atoms. The first-order valence-corrected chi connectivity index (χ1v) is 6.34. The van der Waals surface area contributed by atoms with Gasteiger partial charge in [-0.15, -0.1) is 0 Å². The van der Waals surface area contributed by atoms with Gasteiger partial charge < -0.3 is 14.8 Å². The monoisotopic (exact) mass is 249 g/mol. The highest BCUT2D eigenvalue weighted by Crippen LogP contribution is 2.29. The summed E-state index contributed by atoms with van der Waals surface area (Å²) in [4.78, 5) is 12.2. The third-order valence-electron chi connectivity index (χ3n) is 3.12. The van der Waals surface area contributed by atoms with Gasteiger partial charge in [-0.3, -0.25) is 4.79 Å². The molecule has 2 rings (SSSR count). The number of nitrogens with one attached hydrogen (secondary N) is 1. The highest BCUT2D eigenvalue weighted by molar-refractivity contribution is 6.00. The zero-order valence-electron chi connectivity index (χ0n) is 10.9. The van der Waals surface area contributed by atoms with Gasteiger partial charge in [0.1, 0.15) is 0 Å². The Morgan fingerprint density at radius 3 is 2.89 bits per heavy atom. The van der Waals surface area contributed by atoms with E-state index in [2.05, 4.69) is 5.32 Å². The van der Waals surface area contributed by atoms with Crippen LogP contribution in [0.1, 0.15) is 30.1 Å². The first-order valence-electron chi connectivity index (χ1n) is 6.34. The van der Waals surface area contributed by atoms with Crippen LogP contribution < -0.4 is 14.8 Å². The van der Waals surface area contributed by atoms with Crippen molar-refractivity contribution in [2.24, 2.45) is 0 Å². The van der Waals surface area contributed by atoms with E-state index in [-0.39, 0.29) is 11.8 Å². The topological polar surface area (TPSA) is 47.6 Å². The molecule has 18 heavy (non-hydrogen) atoms. The summed E-state index contributed by atoms with van der Waals surface area (Å²) < 4.78 is 10.7. The molecule has 1 saturated heterocycles. The molecule has 0 amide bonds. The number of carbonyl (C=O) groups excluding carboxylic acids is 1. The van der Waals surface area contributed by atoms with E-state index in [0.29, 0.717) is 23.7 Å². The molecule has 1 heterocycles. The second-order valence-corrected chi connectivity index (χ2v) is 4.31. The van der Waals surface area contributed by atoms with Crippen molar-refractivity contribution in [1.82, 2.24) is 5.32 Å². The van der Waals surface area contributed by atoms with E-state index in [0.717, 1.165) is 19.4 Å². The van der Waals surface area contributed by atoms with E-state index in [4.69, 9.17) is 9.47 Å². The fourth-order valence-corrected chi connectivity index (χ4v) is 2.21. The summed E-state index contributed by atoms with van der Waals surface area (Å²) in [5, 5.41) is 3.21. The first kappa shape index (κ1) is 12.9. The summed E-state index contributed by atoms with van der Waals surface area (Å²) in [5.41, 5.74) is 0.676. The Labute approximate surface area is 107 Å². The number of benzene rings is 1. The number of ether oxygens (including phenoxy) is 2. The van der Waals surface area contributed by atoms with Crippen LogP contribution in [0.5, 0.6) is 11.5 Å². The van der Waals surface area contributed by atoms with Crippen LogP contribution in [0.4, 0.5) is 0 Å². The van der Waals surface area contributed by atoms with Crippen LogP contribution in [0.3, 0.4) is 0 Å². The van der Waals surface area contributed by atoms with Crippen LogP contribution in [-0.2, 0) is 0 Å². The van der Waals surface area contributed by atoms with Gasteiger partial charge in [0.25, 0.3) is 0 Å². The average Bonchev–Trinajstić information content (AvgIpc) is 2.92. The van der Waals surface area contributed by atoms with E-state index >= 15 is 0 Å². The molecule has 1 N–H and O–H groups in total. The molecule has 0 saturated carbocycles. The van der Waals surface area contributed by atoms with E-state index in [1.54, 1.807) is 25.3 Å². The maximum absolute atomic E-state index is 12.2. The van der Waals surface area contributed by atoms with E-state index in [1.807, 2.05) is 6.92 Å². The summed E-state index contributed by atoms with van der Waals surface area (Å²) in [6, 6.07) is 5.31. The summed E-state index contributed by atoms with van der Waals surface area (Å²) in [6.45, 7) is 3.42. The zero-order valence-corrected chi connectivity index (χ0v) is 10.9. The Bertz CT molecular complexity index is 425. The smallest absolute Gasteiger partial charge is 0.179 e. The fraction of sp³-hybridized carbons (Fsp3) is 0.500. The predicted octanol–water partition coefficient (Wildman–Crippen LogP) is 2.03. The van der Waals surface area contributed by atoms with Gasteiger partial charge in [-0.05, 0) is 44.5 Å². The third-order valence-corrected chi connectivity index (χ3v) is 3.12. The van der Waals surface area contributed by atoms with Crippen molar-refractivity contribution in [3.63, 3.8) is 0 Å². The number of hydrogen-bond donors (Lipinski definition) is 1. The highest BCUT2D eigenvalue weighted by atomic mass is 16.5. The van der Waals surface area contributed by atoms with Crippen molar-refractivity contribution in [3.8, 4) is 11.5 Å². The van der Waals surface area contributed by atoms with Gasteiger partial charge in [0, 0.05) is 5.56 Å². The molecule has 0 spiro atoms. The second-order valence-electron chi connectivity index (χ2n) is 4.31. The third kappa shape index (κ3) is 2.64. The molecule has 0 aliphatic carbocycles. The SMILES string of the molecule is CCOc1ccc(C(=O)C2CCCN2)cc1OC. The lowest BCUT2D eigenvalue weighted by molar-refractivity contribution is 0.0952. The standard InChI is InChI=1S/C14H19NO3/c1-3-18-12-7-6-10(9-13(12)17-2)14(16)11-5-4-8-15-11/h6-7,9,11,15H,3-5,8H2,1-2H3. The number of hydrogen-bond acceptors (Lipinski definition) is 4. The van der Waals surface area contributed by atoms with E-state index < -0.39 is 0 Å². The van der Waals surface area contributed by atoms with Crippen LogP contribution in [0.15, 0.2) is 18.2 Å². The first-order chi connectivity index (χ1) is 8.76. The molecule has 1 fully saturated rings. The molecule has 1 atom stereocenters. The Morgan fingerprint density at radius 2 is 2.28 bits per heavy atom. The maximum Gasteiger partial charge on any atom is 0.179 e. The van der Waals surface area contributed by atoms with Gasteiger partial charge in [0.05, 0.1) is 19.8 Å². The second kappa shape index (κ2) is 5.87. The van der Waals surface area contributed by atoms with Crippen molar-refractivity contribution < 1.29 is 14.3 Å². The number of methoxy groups -OCH3 is 1. The van der Waals surface area contributed by atoms with Crippen molar-refractivity contribution in [2.75, 3.05) is 20.3 Å². The number of carbonyl (C=O) groups is 1. The predicted molar refractivity (Wildman–Crippen MR) is 69.5 cm³/mol. The lowest BCUT2D eigenvalue weighted by Gasteiger charge is -2.13. The van der Waals surface area contributed by atoms with Crippen molar-refractivity contribution >= 4 is 5.78 Å². The molecule has 4 heteroatoms. The van der Waals surface area contributed by atoms with Gasteiger partial charge in [-0.25, -0.2) is 0 Å². The maximum atomic E-state index is 12.2. The number of rotatable bonds is 5. The molecular weight excluding hydrogens is 230 g/mol. The van der Waals surface area contributed by atoms with E-state index in [9.17, 15) is 4.79 Å². The molecule has 1 aromatic carbocycles. The molecule has 1 unspecified atom stereocenters. The minimum absolute atomic E-state index is 0.0485. The number of ketones is 1. The average molecular weight is 249 g/mol. The van der Waals surface area contributed by atoms with Crippen LogP contribution in [0.2, 0.25) is 0 Å². The number of Topliss-reactive ketones (excluding diaryl/α,β-unsaturated/α-hetero) is 1. The van der Waals surface area contributed by atoms with Crippen molar-refractivity contribution in [1.29, 1.82) is 0 Å². The Kier molecular flexibility index (Phi) is 4.20. The minimum atomic E-state index is -0.0485. The normalized spacial score (nSPS) is 18.7. The molecular formula is C14H19NO3. The van der Waals surface area contributed by atoms with Crippen LogP contribution in [0.25, 0.3) is 0 Å². The van der Waals surface area contributed by atoms with Crippen LogP contribution >= 0.6 is 0 Å². The summed E-state index contributed by atoms with van der Waals surface area (Å²) in [6.07, 6.45) is 1.97. The van der Waals surface area contributed by atoms with Gasteiger partial charge >= 0.3 is 0 Å². The lowest BCUT2D eigenvalue weighted by Crippen LogP contribution is -2.30. The summed E-state index contributed by atoms with van der Waals surface area (Å²) in [5.74, 6) is 1.42. The summed E-state index contributed by atoms with van der Waals surface area (Å²) >= 11 is 0. The van der Waals surface area contributed by atoms with Gasteiger partial charge in [-0.2, -0.15) is 0 Å². The summed E-state index contributed by atoms with van der Waals surface area (Å²) in [7, 11) is 1.58.